The topological polar surface area (TPSA) is 148 Å². The molecule has 4 atom stereocenters. The van der Waals surface area contributed by atoms with E-state index in [9.17, 15) is 42.3 Å². The fraction of sp³-hybridized carbons (Fsp3) is 0.429. The first kappa shape index (κ1) is 34.7. The van der Waals surface area contributed by atoms with Gasteiger partial charge in [-0.15, -0.1) is 0 Å². The maximum absolute atomic E-state index is 14.4. The van der Waals surface area contributed by atoms with Crippen LogP contribution in [-0.2, 0) is 31.0 Å². The molecule has 3 aliphatic heterocycles. The number of carbonyl (C=O) groups excluding carboxylic acids is 4. The number of hydrogen-bond acceptors (Lipinski definition) is 5. The van der Waals surface area contributed by atoms with Gasteiger partial charge in [-0.05, 0) is 73.1 Å². The lowest BCUT2D eigenvalue weighted by Crippen LogP contribution is -2.61. The predicted octanol–water partition coefficient (Wildman–Crippen LogP) is 4.01. The van der Waals surface area contributed by atoms with E-state index in [0.717, 1.165) is 30.5 Å². The average molecular weight is 697 g/mol. The Morgan fingerprint density at radius 1 is 0.939 bits per heavy atom. The van der Waals surface area contributed by atoms with E-state index in [1.807, 2.05) is 35.2 Å². The molecule has 49 heavy (non-hydrogen) atoms. The molecule has 11 nitrogen and oxygen atoms in total. The van der Waals surface area contributed by atoms with E-state index in [0.29, 0.717) is 44.2 Å². The van der Waals surface area contributed by atoms with Gasteiger partial charge in [0.15, 0.2) is 0 Å². The molecule has 3 aliphatic rings. The minimum absolute atomic E-state index is 0.0116. The minimum Gasteiger partial charge on any atom is -0.340 e. The number of benzene rings is 3. The van der Waals surface area contributed by atoms with Crippen LogP contribution in [0.1, 0.15) is 60.5 Å². The largest absolute Gasteiger partial charge is 0.399 e. The van der Waals surface area contributed by atoms with Crippen LogP contribution in [-0.4, -0.2) is 91.9 Å². The van der Waals surface area contributed by atoms with Crippen molar-refractivity contribution in [3.8, 4) is 0 Å². The summed E-state index contributed by atoms with van der Waals surface area (Å²) in [5, 5.41) is 3.31. The number of halogens is 2. The highest BCUT2D eigenvalue weighted by Crippen LogP contribution is 2.59. The maximum atomic E-state index is 14.4. The van der Waals surface area contributed by atoms with Gasteiger partial charge in [0.1, 0.15) is 12.1 Å². The standard InChI is InChI=1S/C35H39F2N4O7P/c1-22(42)39-17-15-28-13-14-31(34(45)40-16-5-8-29(40)18-23-6-3-2-4-7-23)41(28)33(44)30(21-39)38-32(43)25-10-9-24-11-12-27(20-26(24)19-25)35(36,37)49(46,47)48/h2-4,6-7,9-12,19-20,28-31H,5,8,13-18,21H2,1H3,(H,38,43)(H2,46,47,48)/t28-,29+,30+,31+/m1/s1. The molecule has 3 N–H and O–H groups in total. The minimum atomic E-state index is -5.81. The predicted molar refractivity (Wildman–Crippen MR) is 177 cm³/mol. The first-order valence-corrected chi connectivity index (χ1v) is 18.1. The molecule has 3 saturated heterocycles. The summed E-state index contributed by atoms with van der Waals surface area (Å²) in [5.41, 5.74) is -4.19. The van der Waals surface area contributed by atoms with Gasteiger partial charge in [0, 0.05) is 49.8 Å². The van der Waals surface area contributed by atoms with E-state index < -0.39 is 42.7 Å². The molecular formula is C35H39F2N4O7P. The summed E-state index contributed by atoms with van der Waals surface area (Å²) in [5.74, 6) is -1.56. The fourth-order valence-electron chi connectivity index (χ4n) is 7.41. The molecule has 0 spiro atoms. The molecule has 3 heterocycles. The number of rotatable bonds is 7. The van der Waals surface area contributed by atoms with E-state index in [4.69, 9.17) is 0 Å². The molecule has 0 aromatic heterocycles. The zero-order valence-corrected chi connectivity index (χ0v) is 27.9. The highest BCUT2D eigenvalue weighted by atomic mass is 31.2. The number of nitrogens with one attached hydrogen (secondary N) is 1. The Morgan fingerprint density at radius 3 is 2.39 bits per heavy atom. The van der Waals surface area contributed by atoms with Gasteiger partial charge in [-0.25, -0.2) is 0 Å². The van der Waals surface area contributed by atoms with Gasteiger partial charge in [0.05, 0.1) is 0 Å². The summed E-state index contributed by atoms with van der Waals surface area (Å²) in [6.45, 7) is 2.21. The number of carbonyl (C=O) groups is 4. The SMILES string of the molecule is CC(=O)N1CC[C@H]2CC[C@@H](C(=O)N3CCC[C@H]3Cc3ccccc3)N2C(=O)[C@@H](NC(=O)c2ccc3ccc(C(F)(F)P(=O)(O)O)cc3c2)C1. The van der Waals surface area contributed by atoms with Crippen molar-refractivity contribution < 1.29 is 42.3 Å². The number of nitrogens with zero attached hydrogens (tertiary/aromatic N) is 3. The van der Waals surface area contributed by atoms with Crippen molar-refractivity contribution in [3.63, 3.8) is 0 Å². The molecule has 0 unspecified atom stereocenters. The summed E-state index contributed by atoms with van der Waals surface area (Å²) < 4.78 is 40.3. The Bertz CT molecular complexity index is 1820. The molecule has 4 amide bonds. The van der Waals surface area contributed by atoms with E-state index in [1.54, 1.807) is 4.90 Å². The average Bonchev–Trinajstić information content (AvgIpc) is 3.71. The number of hydrogen-bond donors (Lipinski definition) is 3. The normalized spacial score (nSPS) is 23.3. The van der Waals surface area contributed by atoms with E-state index in [1.165, 1.54) is 36.1 Å². The first-order chi connectivity index (χ1) is 23.2. The van der Waals surface area contributed by atoms with Crippen molar-refractivity contribution in [2.75, 3.05) is 19.6 Å². The third-order valence-corrected chi connectivity index (χ3v) is 11.0. The van der Waals surface area contributed by atoms with Gasteiger partial charge in [0.25, 0.3) is 5.91 Å². The van der Waals surface area contributed by atoms with Crippen LogP contribution < -0.4 is 5.32 Å². The summed E-state index contributed by atoms with van der Waals surface area (Å²) >= 11 is 0. The van der Waals surface area contributed by atoms with Gasteiger partial charge in [-0.2, -0.15) is 8.78 Å². The second-order valence-corrected chi connectivity index (χ2v) is 14.8. The van der Waals surface area contributed by atoms with Gasteiger partial charge >= 0.3 is 13.3 Å². The van der Waals surface area contributed by atoms with Crippen molar-refractivity contribution in [1.29, 1.82) is 0 Å². The molecule has 0 saturated carbocycles. The van der Waals surface area contributed by atoms with E-state index in [-0.39, 0.29) is 41.4 Å². The third kappa shape index (κ3) is 6.97. The molecular weight excluding hydrogens is 657 g/mol. The van der Waals surface area contributed by atoms with Crippen molar-refractivity contribution in [2.24, 2.45) is 0 Å². The molecule has 3 fully saturated rings. The lowest BCUT2D eigenvalue weighted by Gasteiger charge is -2.39. The maximum Gasteiger partial charge on any atom is 0.399 e. The van der Waals surface area contributed by atoms with Crippen LogP contribution in [0.4, 0.5) is 8.78 Å². The number of alkyl halides is 2. The van der Waals surface area contributed by atoms with Crippen LogP contribution in [0.25, 0.3) is 10.8 Å². The van der Waals surface area contributed by atoms with Gasteiger partial charge in [0.2, 0.25) is 17.7 Å². The Balaban J connectivity index is 1.25. The monoisotopic (exact) mass is 696 g/mol. The highest BCUT2D eigenvalue weighted by Gasteiger charge is 2.50. The van der Waals surface area contributed by atoms with Crippen molar-refractivity contribution in [1.82, 2.24) is 20.0 Å². The molecule has 0 radical (unpaired) electrons. The zero-order chi connectivity index (χ0) is 35.1. The molecule has 3 aromatic rings. The highest BCUT2D eigenvalue weighted by molar-refractivity contribution is 7.52. The third-order valence-electron chi connectivity index (χ3n) is 10.0. The van der Waals surface area contributed by atoms with E-state index >= 15 is 0 Å². The Kier molecular flexibility index (Phi) is 9.63. The van der Waals surface area contributed by atoms with Crippen LogP contribution in [0, 0.1) is 0 Å². The van der Waals surface area contributed by atoms with Crippen LogP contribution in [0.2, 0.25) is 0 Å². The van der Waals surface area contributed by atoms with Crippen LogP contribution >= 0.6 is 7.60 Å². The van der Waals surface area contributed by atoms with Crippen molar-refractivity contribution in [2.45, 2.75) is 75.3 Å². The van der Waals surface area contributed by atoms with Gasteiger partial charge < -0.3 is 29.8 Å². The quantitative estimate of drug-likeness (QED) is 0.317. The smallest absolute Gasteiger partial charge is 0.340 e. The second kappa shape index (κ2) is 13.6. The fourth-order valence-corrected chi connectivity index (χ4v) is 7.89. The Labute approximate surface area is 282 Å². The molecule has 0 bridgehead atoms. The van der Waals surface area contributed by atoms with Gasteiger partial charge in [-0.1, -0.05) is 48.5 Å². The van der Waals surface area contributed by atoms with Crippen molar-refractivity contribution in [3.05, 3.63) is 83.4 Å². The zero-order valence-electron chi connectivity index (χ0n) is 27.0. The first-order valence-electron chi connectivity index (χ1n) is 16.5. The lowest BCUT2D eigenvalue weighted by molar-refractivity contribution is -0.149. The van der Waals surface area contributed by atoms with Crippen LogP contribution in [0.5, 0.6) is 0 Å². The van der Waals surface area contributed by atoms with E-state index in [2.05, 4.69) is 5.32 Å². The molecule has 14 heteroatoms. The summed E-state index contributed by atoms with van der Waals surface area (Å²) in [6, 6.07) is 15.1. The lowest BCUT2D eigenvalue weighted by atomic mass is 10.0. The molecule has 0 aliphatic carbocycles. The van der Waals surface area contributed by atoms with Crippen LogP contribution in [0.3, 0.4) is 0 Å². The van der Waals surface area contributed by atoms with Crippen LogP contribution in [0.15, 0.2) is 66.7 Å². The summed E-state index contributed by atoms with van der Waals surface area (Å²) in [6.07, 6.45) is 3.99. The van der Waals surface area contributed by atoms with Gasteiger partial charge in [-0.3, -0.25) is 23.7 Å². The Hall–Kier alpha value is -4.19. The number of amides is 4. The number of likely N-dealkylation sites (tertiary alicyclic amines) is 1. The van der Waals surface area contributed by atoms with Crippen molar-refractivity contribution >= 4 is 42.0 Å². The number of fused-ring (bicyclic) bond motifs is 2. The summed E-state index contributed by atoms with van der Waals surface area (Å²) in [7, 11) is -5.81. The summed E-state index contributed by atoms with van der Waals surface area (Å²) in [4.78, 5) is 78.0. The Morgan fingerprint density at radius 2 is 1.67 bits per heavy atom. The molecule has 3 aromatic carbocycles. The molecule has 6 rings (SSSR count). The second-order valence-electron chi connectivity index (χ2n) is 13.2. The molecule has 260 valence electrons.